The first-order valence-electron chi connectivity index (χ1n) is 11.9. The predicted octanol–water partition coefficient (Wildman–Crippen LogP) is 4.56. The molecule has 0 fully saturated rings. The first-order chi connectivity index (χ1) is 18.4. The van der Waals surface area contributed by atoms with Gasteiger partial charge in [-0.1, -0.05) is 43.6 Å². The molecule has 2 N–H and O–H groups in total. The molecule has 198 valence electrons. The minimum atomic E-state index is -0.805. The summed E-state index contributed by atoms with van der Waals surface area (Å²) in [5, 5.41) is 7.44. The maximum absolute atomic E-state index is 12.8. The molecule has 9 nitrogen and oxygen atoms in total. The highest BCUT2D eigenvalue weighted by atomic mass is 35.5. The Kier molecular flexibility index (Phi) is 8.70. The van der Waals surface area contributed by atoms with E-state index < -0.39 is 17.9 Å². The van der Waals surface area contributed by atoms with Crippen molar-refractivity contribution in [2.45, 2.75) is 26.5 Å². The molecule has 38 heavy (non-hydrogen) atoms. The number of hydrogen-bond donors (Lipinski definition) is 2. The summed E-state index contributed by atoms with van der Waals surface area (Å²) in [4.78, 5) is 25.6. The van der Waals surface area contributed by atoms with Crippen molar-refractivity contribution in [3.05, 3.63) is 82.4 Å². The van der Waals surface area contributed by atoms with Gasteiger partial charge in [0.1, 0.15) is 12.6 Å². The Labute approximate surface area is 225 Å². The molecule has 0 spiro atoms. The van der Waals surface area contributed by atoms with E-state index in [1.54, 1.807) is 42.5 Å². The summed E-state index contributed by atoms with van der Waals surface area (Å²) >= 11 is 6.20. The second kappa shape index (κ2) is 12.3. The van der Waals surface area contributed by atoms with Gasteiger partial charge in [0.15, 0.2) is 23.0 Å². The van der Waals surface area contributed by atoms with Crippen LogP contribution in [-0.2, 0) is 11.4 Å². The number of nitrogens with zero attached hydrogens (tertiary/aromatic N) is 1. The number of hydrazone groups is 1. The van der Waals surface area contributed by atoms with E-state index in [2.05, 4.69) is 15.8 Å². The molecule has 0 bridgehead atoms. The fourth-order valence-electron chi connectivity index (χ4n) is 3.69. The van der Waals surface area contributed by atoms with Crippen LogP contribution in [0.5, 0.6) is 23.0 Å². The standard InChI is InChI=1S/C28H28ClN3O6/c1-17(2)26(31-27(33)19-9-11-23-25(13-19)38-16-37-23)28(34)32-30-14-18-8-10-22(24(12-18)35-3)36-15-20-6-4-5-7-21(20)29/h4-14,17,26H,15-16H2,1-3H3,(H,31,33)(H,32,34). The third kappa shape index (κ3) is 6.54. The normalized spacial score (nSPS) is 12.9. The van der Waals surface area contributed by atoms with Gasteiger partial charge < -0.3 is 24.3 Å². The number of carbonyl (C=O) groups excluding carboxylic acids is 2. The van der Waals surface area contributed by atoms with Gasteiger partial charge in [0, 0.05) is 16.1 Å². The Bertz CT molecular complexity index is 1340. The summed E-state index contributed by atoms with van der Waals surface area (Å²) in [5.74, 6) is 1.07. The van der Waals surface area contributed by atoms with E-state index in [0.717, 1.165) is 5.56 Å². The monoisotopic (exact) mass is 537 g/mol. The Morgan fingerprint density at radius 3 is 2.61 bits per heavy atom. The van der Waals surface area contributed by atoms with E-state index in [-0.39, 0.29) is 19.3 Å². The first-order valence-corrected chi connectivity index (χ1v) is 12.3. The summed E-state index contributed by atoms with van der Waals surface area (Å²) in [7, 11) is 1.54. The third-order valence-electron chi connectivity index (χ3n) is 5.79. The summed E-state index contributed by atoms with van der Waals surface area (Å²) < 4.78 is 21.9. The molecule has 2 amide bonds. The molecule has 1 unspecified atom stereocenters. The van der Waals surface area contributed by atoms with Crippen molar-refractivity contribution in [3.8, 4) is 23.0 Å². The van der Waals surface area contributed by atoms with Gasteiger partial charge in [0.05, 0.1) is 13.3 Å². The average molecular weight is 538 g/mol. The van der Waals surface area contributed by atoms with E-state index in [1.807, 2.05) is 32.0 Å². The second-order valence-electron chi connectivity index (χ2n) is 8.79. The van der Waals surface area contributed by atoms with Gasteiger partial charge in [-0.2, -0.15) is 5.10 Å². The van der Waals surface area contributed by atoms with Crippen LogP contribution in [0.1, 0.15) is 35.3 Å². The number of hydrogen-bond acceptors (Lipinski definition) is 7. The number of rotatable bonds is 10. The van der Waals surface area contributed by atoms with Crippen LogP contribution in [0.4, 0.5) is 0 Å². The summed E-state index contributed by atoms with van der Waals surface area (Å²) in [6.07, 6.45) is 1.48. The van der Waals surface area contributed by atoms with Gasteiger partial charge in [-0.05, 0) is 53.9 Å². The molecule has 1 aliphatic rings. The number of ether oxygens (including phenoxy) is 4. The van der Waals surface area contributed by atoms with Crippen molar-refractivity contribution >= 4 is 29.6 Å². The Morgan fingerprint density at radius 1 is 1.05 bits per heavy atom. The zero-order valence-corrected chi connectivity index (χ0v) is 22.0. The van der Waals surface area contributed by atoms with Crippen LogP contribution < -0.4 is 29.7 Å². The molecule has 0 aliphatic carbocycles. The molecule has 4 rings (SSSR count). The Morgan fingerprint density at radius 2 is 1.84 bits per heavy atom. The molecule has 1 atom stereocenters. The number of halogens is 1. The highest BCUT2D eigenvalue weighted by Gasteiger charge is 2.25. The van der Waals surface area contributed by atoms with E-state index >= 15 is 0 Å². The molecule has 0 radical (unpaired) electrons. The van der Waals surface area contributed by atoms with Gasteiger partial charge in [-0.3, -0.25) is 9.59 Å². The highest BCUT2D eigenvalue weighted by molar-refractivity contribution is 6.31. The van der Waals surface area contributed by atoms with E-state index in [0.29, 0.717) is 39.1 Å². The van der Waals surface area contributed by atoms with Crippen molar-refractivity contribution in [1.29, 1.82) is 0 Å². The third-order valence-corrected chi connectivity index (χ3v) is 6.16. The molecule has 10 heteroatoms. The van der Waals surface area contributed by atoms with E-state index in [1.165, 1.54) is 13.3 Å². The summed E-state index contributed by atoms with van der Waals surface area (Å²) in [6.45, 7) is 4.06. The van der Waals surface area contributed by atoms with Gasteiger partial charge in [0.2, 0.25) is 6.79 Å². The topological polar surface area (TPSA) is 107 Å². The lowest BCUT2D eigenvalue weighted by molar-refractivity contribution is -0.123. The van der Waals surface area contributed by atoms with Crippen molar-refractivity contribution < 1.29 is 28.5 Å². The fraction of sp³-hybridized carbons (Fsp3) is 0.250. The average Bonchev–Trinajstić information content (AvgIpc) is 3.39. The van der Waals surface area contributed by atoms with Crippen molar-refractivity contribution in [1.82, 2.24) is 10.7 Å². The molecule has 1 heterocycles. The Balaban J connectivity index is 1.36. The smallest absolute Gasteiger partial charge is 0.262 e. The quantitative estimate of drug-likeness (QED) is 0.290. The highest BCUT2D eigenvalue weighted by Crippen LogP contribution is 2.32. The van der Waals surface area contributed by atoms with Gasteiger partial charge in [0.25, 0.3) is 11.8 Å². The van der Waals surface area contributed by atoms with Crippen LogP contribution in [-0.4, -0.2) is 38.0 Å². The predicted molar refractivity (Wildman–Crippen MR) is 143 cm³/mol. The molecular formula is C28H28ClN3O6. The molecular weight excluding hydrogens is 510 g/mol. The maximum atomic E-state index is 12.8. The minimum Gasteiger partial charge on any atom is -0.493 e. The van der Waals surface area contributed by atoms with Crippen LogP contribution in [0.25, 0.3) is 0 Å². The number of amides is 2. The SMILES string of the molecule is COc1cc(C=NNC(=O)C(NC(=O)c2ccc3c(c2)OCO3)C(C)C)ccc1OCc1ccccc1Cl. The fourth-order valence-corrected chi connectivity index (χ4v) is 3.88. The molecule has 1 aliphatic heterocycles. The lowest BCUT2D eigenvalue weighted by atomic mass is 10.0. The summed E-state index contributed by atoms with van der Waals surface area (Å²) in [6, 6.07) is 16.8. The summed E-state index contributed by atoms with van der Waals surface area (Å²) in [5.41, 5.74) is 4.40. The van der Waals surface area contributed by atoms with E-state index in [9.17, 15) is 9.59 Å². The van der Waals surface area contributed by atoms with Crippen molar-refractivity contribution in [2.75, 3.05) is 13.9 Å². The molecule has 0 saturated heterocycles. The zero-order valence-electron chi connectivity index (χ0n) is 21.2. The largest absolute Gasteiger partial charge is 0.493 e. The van der Waals surface area contributed by atoms with Crippen LogP contribution in [0, 0.1) is 5.92 Å². The lowest BCUT2D eigenvalue weighted by Gasteiger charge is -2.20. The number of methoxy groups -OCH3 is 1. The van der Waals surface area contributed by atoms with Crippen LogP contribution in [0.3, 0.4) is 0 Å². The number of fused-ring (bicyclic) bond motifs is 1. The Hall–Kier alpha value is -4.24. The van der Waals surface area contributed by atoms with Crippen molar-refractivity contribution in [2.24, 2.45) is 11.0 Å². The second-order valence-corrected chi connectivity index (χ2v) is 9.20. The van der Waals surface area contributed by atoms with Gasteiger partial charge in [-0.15, -0.1) is 0 Å². The van der Waals surface area contributed by atoms with E-state index in [4.69, 9.17) is 30.5 Å². The van der Waals surface area contributed by atoms with Gasteiger partial charge in [-0.25, -0.2) is 5.43 Å². The van der Waals surface area contributed by atoms with Gasteiger partial charge >= 0.3 is 0 Å². The molecule has 0 aromatic heterocycles. The first kappa shape index (κ1) is 26.8. The maximum Gasteiger partial charge on any atom is 0.262 e. The number of carbonyl (C=O) groups is 2. The zero-order chi connectivity index (χ0) is 27.1. The lowest BCUT2D eigenvalue weighted by Crippen LogP contribution is -2.48. The minimum absolute atomic E-state index is 0.111. The van der Waals surface area contributed by atoms with Crippen LogP contribution in [0.2, 0.25) is 5.02 Å². The number of nitrogens with one attached hydrogen (secondary N) is 2. The molecule has 0 saturated carbocycles. The van der Waals surface area contributed by atoms with Crippen molar-refractivity contribution in [3.63, 3.8) is 0 Å². The van der Waals surface area contributed by atoms with Crippen LogP contribution in [0.15, 0.2) is 65.8 Å². The van der Waals surface area contributed by atoms with Crippen LogP contribution >= 0.6 is 11.6 Å². The number of benzene rings is 3. The molecule has 3 aromatic carbocycles. The molecule has 3 aromatic rings.